The lowest BCUT2D eigenvalue weighted by molar-refractivity contribution is 0.0697. The van der Waals surface area contributed by atoms with Gasteiger partial charge in [-0.2, -0.15) is 5.26 Å². The van der Waals surface area contributed by atoms with Crippen LogP contribution in [0.1, 0.15) is 65.2 Å². The van der Waals surface area contributed by atoms with Crippen LogP contribution in [0.2, 0.25) is 0 Å². The minimum absolute atomic E-state index is 0.0593. The molecule has 0 aliphatic rings. The van der Waals surface area contributed by atoms with Gasteiger partial charge in [0.1, 0.15) is 24.2 Å². The van der Waals surface area contributed by atoms with Gasteiger partial charge in [0.05, 0.1) is 23.8 Å². The molecule has 2 N–H and O–H groups in total. The molecule has 0 spiro atoms. The molecule has 1 heterocycles. The predicted octanol–water partition coefficient (Wildman–Crippen LogP) is 7.46. The van der Waals surface area contributed by atoms with E-state index in [1.54, 1.807) is 48.9 Å². The molecule has 0 saturated heterocycles. The summed E-state index contributed by atoms with van der Waals surface area (Å²) in [5, 5.41) is 22.0. The number of nitrogens with one attached hydrogen (secondary N) is 1. The third-order valence-corrected chi connectivity index (χ3v) is 6.11. The van der Waals surface area contributed by atoms with E-state index in [1.165, 1.54) is 19.2 Å². The first kappa shape index (κ1) is 32.2. The van der Waals surface area contributed by atoms with Gasteiger partial charge in [-0.15, -0.1) is 0 Å². The highest BCUT2D eigenvalue weighted by molar-refractivity contribution is 6.06. The number of aromatic nitrogens is 1. The number of nitriles is 1. The zero-order valence-electron chi connectivity index (χ0n) is 24.6. The number of carbonyl (C=O) groups is 2. The van der Waals surface area contributed by atoms with Crippen LogP contribution in [0.25, 0.3) is 11.3 Å². The Labute approximate surface area is 241 Å². The molecule has 8 heteroatoms. The second kappa shape index (κ2) is 15.5. The van der Waals surface area contributed by atoms with Gasteiger partial charge in [0.2, 0.25) is 0 Å². The fraction of sp³-hybridized carbons (Fsp3) is 0.242. The van der Waals surface area contributed by atoms with Crippen molar-refractivity contribution in [1.29, 1.82) is 5.26 Å². The number of amides is 1. The Kier molecular flexibility index (Phi) is 12.2. The first-order valence-corrected chi connectivity index (χ1v) is 13.4. The number of carboxylic acids is 1. The van der Waals surface area contributed by atoms with Gasteiger partial charge in [-0.05, 0) is 55.0 Å². The molecule has 1 aromatic heterocycles. The van der Waals surface area contributed by atoms with Crippen molar-refractivity contribution < 1.29 is 24.2 Å². The molecule has 0 atom stereocenters. The van der Waals surface area contributed by atoms with Crippen LogP contribution >= 0.6 is 0 Å². The van der Waals surface area contributed by atoms with Crippen molar-refractivity contribution in [3.63, 3.8) is 0 Å². The summed E-state index contributed by atoms with van der Waals surface area (Å²) >= 11 is 0. The largest absolute Gasteiger partial charge is 0.495 e. The second-order valence-electron chi connectivity index (χ2n) is 8.36. The van der Waals surface area contributed by atoms with Crippen LogP contribution in [-0.4, -0.2) is 28.7 Å². The van der Waals surface area contributed by atoms with Crippen molar-refractivity contribution in [2.24, 2.45) is 7.05 Å². The Morgan fingerprint density at radius 3 is 2.15 bits per heavy atom. The molecule has 214 valence electrons. The second-order valence-corrected chi connectivity index (χ2v) is 8.36. The van der Waals surface area contributed by atoms with Crippen molar-refractivity contribution in [2.75, 3.05) is 12.4 Å². The van der Waals surface area contributed by atoms with Gasteiger partial charge in [-0.25, -0.2) is 4.79 Å². The zero-order chi connectivity index (χ0) is 30.5. The quantitative estimate of drug-likeness (QED) is 0.233. The van der Waals surface area contributed by atoms with Gasteiger partial charge >= 0.3 is 5.97 Å². The minimum Gasteiger partial charge on any atom is -0.495 e. The topological polar surface area (TPSA) is 114 Å². The van der Waals surface area contributed by atoms with E-state index >= 15 is 0 Å². The molecule has 0 unspecified atom stereocenters. The van der Waals surface area contributed by atoms with Crippen LogP contribution in [0.15, 0.2) is 72.8 Å². The van der Waals surface area contributed by atoms with Gasteiger partial charge in [-0.3, -0.25) is 4.79 Å². The SMILES string of the molecule is CC.CC.COc1cc(-c2cc(C(=O)Nc3ccc(OCc4ccccc4)cc3)c(C)n2C)c(C(=O)O)cc1C#N. The molecular weight excluding hydrogens is 518 g/mol. The van der Waals surface area contributed by atoms with Crippen molar-refractivity contribution in [3.05, 3.63) is 101 Å². The van der Waals surface area contributed by atoms with E-state index in [0.717, 1.165) is 5.56 Å². The fourth-order valence-corrected chi connectivity index (χ4v) is 3.99. The first-order valence-electron chi connectivity index (χ1n) is 13.4. The van der Waals surface area contributed by atoms with Crippen molar-refractivity contribution in [1.82, 2.24) is 4.57 Å². The van der Waals surface area contributed by atoms with E-state index in [0.29, 0.717) is 40.6 Å². The van der Waals surface area contributed by atoms with Gasteiger partial charge in [0.15, 0.2) is 0 Å². The molecule has 0 radical (unpaired) electrons. The van der Waals surface area contributed by atoms with E-state index in [2.05, 4.69) is 5.32 Å². The van der Waals surface area contributed by atoms with Crippen molar-refractivity contribution in [3.8, 4) is 28.8 Å². The number of ether oxygens (including phenoxy) is 2. The smallest absolute Gasteiger partial charge is 0.336 e. The van der Waals surface area contributed by atoms with Gasteiger partial charge in [0, 0.05) is 29.7 Å². The van der Waals surface area contributed by atoms with Crippen LogP contribution in [0, 0.1) is 18.3 Å². The van der Waals surface area contributed by atoms with Gasteiger partial charge in [0.25, 0.3) is 5.91 Å². The molecule has 41 heavy (non-hydrogen) atoms. The molecule has 0 fully saturated rings. The van der Waals surface area contributed by atoms with Crippen molar-refractivity contribution in [2.45, 2.75) is 41.2 Å². The fourth-order valence-electron chi connectivity index (χ4n) is 3.99. The highest BCUT2D eigenvalue weighted by Gasteiger charge is 2.23. The monoisotopic (exact) mass is 555 g/mol. The molecule has 3 aromatic carbocycles. The summed E-state index contributed by atoms with van der Waals surface area (Å²) in [6.45, 7) is 10.2. The molecule has 0 aliphatic carbocycles. The van der Waals surface area contributed by atoms with Crippen LogP contribution in [0.4, 0.5) is 5.69 Å². The third kappa shape index (κ3) is 7.76. The van der Waals surface area contributed by atoms with E-state index in [9.17, 15) is 20.0 Å². The molecule has 0 bridgehead atoms. The Morgan fingerprint density at radius 1 is 0.951 bits per heavy atom. The highest BCUT2D eigenvalue weighted by Crippen LogP contribution is 2.33. The summed E-state index contributed by atoms with van der Waals surface area (Å²) in [6.07, 6.45) is 0. The summed E-state index contributed by atoms with van der Waals surface area (Å²) in [6, 6.07) is 23.3. The lowest BCUT2D eigenvalue weighted by atomic mass is 10.00. The van der Waals surface area contributed by atoms with E-state index < -0.39 is 5.97 Å². The van der Waals surface area contributed by atoms with E-state index in [4.69, 9.17) is 9.47 Å². The lowest BCUT2D eigenvalue weighted by Gasteiger charge is -2.12. The summed E-state index contributed by atoms with van der Waals surface area (Å²) in [7, 11) is 3.16. The average Bonchev–Trinajstić information content (AvgIpc) is 3.32. The van der Waals surface area contributed by atoms with Gasteiger partial charge < -0.3 is 24.5 Å². The van der Waals surface area contributed by atoms with Crippen LogP contribution in [0.3, 0.4) is 0 Å². The standard InChI is InChI=1S/C29H25N3O5.2C2H6/c1-18-23(14-26(32(18)2)24-15-27(36-3)20(16-30)13-25(24)29(34)35)28(33)31-21-9-11-22(12-10-21)37-17-19-7-5-4-6-8-19;2*1-2/h4-15H,17H2,1-3H3,(H,31,33)(H,34,35);2*1-2H3. The molecule has 0 saturated carbocycles. The zero-order valence-corrected chi connectivity index (χ0v) is 24.6. The number of carbonyl (C=O) groups excluding carboxylic acids is 1. The normalized spacial score (nSPS) is 9.71. The van der Waals surface area contributed by atoms with Crippen LogP contribution < -0.4 is 14.8 Å². The lowest BCUT2D eigenvalue weighted by Crippen LogP contribution is -2.12. The average molecular weight is 556 g/mol. The number of hydrogen-bond acceptors (Lipinski definition) is 5. The number of benzene rings is 3. The van der Waals surface area contributed by atoms with E-state index in [1.807, 2.05) is 64.1 Å². The maximum Gasteiger partial charge on any atom is 0.336 e. The Morgan fingerprint density at radius 2 is 1.59 bits per heavy atom. The Hall–Kier alpha value is -5.03. The minimum atomic E-state index is -1.19. The maximum atomic E-state index is 13.1. The number of anilines is 1. The molecule has 4 aromatic rings. The van der Waals surface area contributed by atoms with E-state index in [-0.39, 0.29) is 22.8 Å². The third-order valence-electron chi connectivity index (χ3n) is 6.11. The van der Waals surface area contributed by atoms with Crippen LogP contribution in [0.5, 0.6) is 11.5 Å². The highest BCUT2D eigenvalue weighted by atomic mass is 16.5. The molecule has 4 rings (SSSR count). The number of nitrogens with zero attached hydrogens (tertiary/aromatic N) is 2. The van der Waals surface area contributed by atoms with Crippen molar-refractivity contribution >= 4 is 17.6 Å². The predicted molar refractivity (Wildman–Crippen MR) is 162 cm³/mol. The molecule has 1 amide bonds. The summed E-state index contributed by atoms with van der Waals surface area (Å²) in [5.74, 6) is -0.596. The number of aromatic carboxylic acids is 1. The Bertz CT molecular complexity index is 1500. The summed E-state index contributed by atoms with van der Waals surface area (Å²) in [5.41, 5.74) is 3.59. The molecule has 0 aliphatic heterocycles. The first-order chi connectivity index (χ1) is 19.8. The number of rotatable bonds is 8. The molecular formula is C33H37N3O5. The maximum absolute atomic E-state index is 13.1. The van der Waals surface area contributed by atoms with Crippen LogP contribution in [-0.2, 0) is 13.7 Å². The summed E-state index contributed by atoms with van der Waals surface area (Å²) < 4.78 is 12.8. The number of hydrogen-bond donors (Lipinski definition) is 2. The number of methoxy groups -OCH3 is 1. The number of carboxylic acid groups (broad SMARTS) is 1. The summed E-state index contributed by atoms with van der Waals surface area (Å²) in [4.78, 5) is 25.1. The van der Waals surface area contributed by atoms with Gasteiger partial charge in [-0.1, -0.05) is 58.0 Å². The Balaban J connectivity index is 0.00000141. The molecule has 8 nitrogen and oxygen atoms in total.